The Hall–Kier alpha value is -1.06. The Balaban J connectivity index is 1.72. The molecule has 0 aromatic heterocycles. The van der Waals surface area contributed by atoms with Gasteiger partial charge in [0.15, 0.2) is 0 Å². The summed E-state index contributed by atoms with van der Waals surface area (Å²) in [4.78, 5) is 0. The third-order valence-corrected chi connectivity index (χ3v) is 8.64. The third-order valence-electron chi connectivity index (χ3n) is 8.64. The second-order valence-electron chi connectivity index (χ2n) is 11.2. The minimum atomic E-state index is -0.275. The summed E-state index contributed by atoms with van der Waals surface area (Å²) in [6.07, 6.45) is 7.67. The molecule has 3 nitrogen and oxygen atoms in total. The largest absolute Gasteiger partial charge is 0.508 e. The molecule has 2 saturated carbocycles. The summed E-state index contributed by atoms with van der Waals surface area (Å²) in [5, 5.41) is 31.9. The van der Waals surface area contributed by atoms with Crippen LogP contribution in [0.3, 0.4) is 0 Å². The van der Waals surface area contributed by atoms with E-state index in [9.17, 15) is 15.3 Å². The lowest BCUT2D eigenvalue weighted by atomic mass is 9.57. The number of fused-ring (bicyclic) bond motifs is 1. The van der Waals surface area contributed by atoms with Crippen molar-refractivity contribution in [3.63, 3.8) is 0 Å². The summed E-state index contributed by atoms with van der Waals surface area (Å²) in [7, 11) is 0. The van der Waals surface area contributed by atoms with Crippen LogP contribution in [0.1, 0.15) is 83.8 Å². The summed E-state index contributed by atoms with van der Waals surface area (Å²) in [6.45, 7) is 11.4. The van der Waals surface area contributed by atoms with Crippen LogP contribution in [0.2, 0.25) is 0 Å². The van der Waals surface area contributed by atoms with Gasteiger partial charge >= 0.3 is 0 Å². The minimum Gasteiger partial charge on any atom is -0.508 e. The monoisotopic (exact) mass is 416 g/mol. The van der Waals surface area contributed by atoms with Crippen molar-refractivity contribution in [3.05, 3.63) is 29.3 Å². The van der Waals surface area contributed by atoms with Crippen LogP contribution in [0.15, 0.2) is 18.2 Å². The number of aromatic hydroxyl groups is 1. The van der Waals surface area contributed by atoms with Gasteiger partial charge in [-0.3, -0.25) is 0 Å². The Morgan fingerprint density at radius 2 is 1.83 bits per heavy atom. The van der Waals surface area contributed by atoms with E-state index in [-0.39, 0.29) is 23.5 Å². The molecule has 2 aliphatic carbocycles. The smallest absolute Gasteiger partial charge is 0.115 e. The van der Waals surface area contributed by atoms with Gasteiger partial charge < -0.3 is 15.3 Å². The first-order valence-corrected chi connectivity index (χ1v) is 12.3. The highest BCUT2D eigenvalue weighted by molar-refractivity contribution is 5.34. The van der Waals surface area contributed by atoms with Gasteiger partial charge in [0, 0.05) is 0 Å². The Morgan fingerprint density at radius 1 is 1.10 bits per heavy atom. The van der Waals surface area contributed by atoms with Crippen LogP contribution in [0.5, 0.6) is 5.75 Å². The van der Waals surface area contributed by atoms with Gasteiger partial charge in [-0.15, -0.1) is 0 Å². The maximum Gasteiger partial charge on any atom is 0.115 e. The molecule has 0 saturated heterocycles. The van der Waals surface area contributed by atoms with Crippen molar-refractivity contribution in [1.82, 2.24) is 0 Å². The van der Waals surface area contributed by atoms with Gasteiger partial charge in [-0.2, -0.15) is 0 Å². The van der Waals surface area contributed by atoms with Gasteiger partial charge in [-0.05, 0) is 97.3 Å². The van der Waals surface area contributed by atoms with Crippen molar-refractivity contribution >= 4 is 0 Å². The lowest BCUT2D eigenvalue weighted by Gasteiger charge is -2.48. The first kappa shape index (κ1) is 23.6. The Kier molecular flexibility index (Phi) is 7.56. The van der Waals surface area contributed by atoms with Crippen molar-refractivity contribution in [2.24, 2.45) is 35.0 Å². The van der Waals surface area contributed by atoms with E-state index in [0.29, 0.717) is 23.5 Å². The van der Waals surface area contributed by atoms with Crippen molar-refractivity contribution in [3.8, 4) is 5.75 Å². The van der Waals surface area contributed by atoms with Gasteiger partial charge in [0.25, 0.3) is 0 Å². The standard InChI is InChI=1S/C27H44O3/c1-17(2)7-6-8-19(4)26-25(30)16-23-22(24(29)13-14-27(23,26)5)12-10-20-15-21(28)11-9-18(20)3/h9,11,15,17,19,22-26,28-30H,6-8,10,12-14,16H2,1-5H3/t19-,22-,23-,24+,25-,26-,27-/m0/s1. The second-order valence-corrected chi connectivity index (χ2v) is 11.2. The maximum absolute atomic E-state index is 11.1. The fourth-order valence-corrected chi connectivity index (χ4v) is 7.02. The van der Waals surface area contributed by atoms with Crippen LogP contribution < -0.4 is 0 Å². The molecule has 0 amide bonds. The highest BCUT2D eigenvalue weighted by Gasteiger charge is 2.57. The minimum absolute atomic E-state index is 0.119. The van der Waals surface area contributed by atoms with Gasteiger partial charge in [-0.25, -0.2) is 0 Å². The zero-order valence-corrected chi connectivity index (χ0v) is 19.8. The van der Waals surface area contributed by atoms with Crippen LogP contribution >= 0.6 is 0 Å². The molecule has 3 N–H and O–H groups in total. The van der Waals surface area contributed by atoms with Crippen molar-refractivity contribution < 1.29 is 15.3 Å². The number of phenols is 1. The maximum atomic E-state index is 11.1. The van der Waals surface area contributed by atoms with E-state index in [1.165, 1.54) is 30.4 Å². The lowest BCUT2D eigenvalue weighted by Crippen LogP contribution is -2.45. The Bertz CT molecular complexity index is 699. The van der Waals surface area contributed by atoms with Crippen LogP contribution in [0, 0.1) is 41.9 Å². The molecule has 0 heterocycles. The number of phenolic OH excluding ortho intramolecular Hbond substituents is 1. The van der Waals surface area contributed by atoms with Crippen LogP contribution in [0.4, 0.5) is 0 Å². The first-order valence-electron chi connectivity index (χ1n) is 12.3. The Morgan fingerprint density at radius 3 is 2.53 bits per heavy atom. The molecule has 0 bridgehead atoms. The van der Waals surface area contributed by atoms with Gasteiger partial charge in [0.1, 0.15) is 5.75 Å². The molecule has 2 aliphatic rings. The van der Waals surface area contributed by atoms with Gasteiger partial charge in [0.2, 0.25) is 0 Å². The molecular formula is C27H44O3. The predicted octanol–water partition coefficient (Wildman–Crippen LogP) is 5.87. The normalized spacial score (nSPS) is 34.9. The van der Waals surface area contributed by atoms with E-state index in [1.54, 1.807) is 6.07 Å². The first-order chi connectivity index (χ1) is 14.1. The Labute approximate surface area is 183 Å². The summed E-state index contributed by atoms with van der Waals surface area (Å²) in [5.41, 5.74) is 2.49. The molecule has 7 atom stereocenters. The van der Waals surface area contributed by atoms with Crippen molar-refractivity contribution in [2.75, 3.05) is 0 Å². The molecule has 170 valence electrons. The highest BCUT2D eigenvalue weighted by Crippen LogP contribution is 2.60. The molecule has 2 fully saturated rings. The fourth-order valence-electron chi connectivity index (χ4n) is 7.02. The number of aliphatic hydroxyl groups is 2. The number of hydrogen-bond donors (Lipinski definition) is 3. The van der Waals surface area contributed by atoms with E-state index in [0.717, 1.165) is 38.0 Å². The average Bonchev–Trinajstić information content (AvgIpc) is 2.94. The van der Waals surface area contributed by atoms with E-state index in [1.807, 2.05) is 12.1 Å². The number of aliphatic hydroxyl groups excluding tert-OH is 2. The third kappa shape index (κ3) is 4.88. The van der Waals surface area contributed by atoms with E-state index in [4.69, 9.17) is 0 Å². The van der Waals surface area contributed by atoms with Gasteiger partial charge in [-0.1, -0.05) is 53.0 Å². The summed E-state index contributed by atoms with van der Waals surface area (Å²) in [6, 6.07) is 5.58. The molecule has 0 radical (unpaired) electrons. The lowest BCUT2D eigenvalue weighted by molar-refractivity contribution is -0.0584. The predicted molar refractivity (Wildman–Crippen MR) is 123 cm³/mol. The molecule has 3 heteroatoms. The zero-order chi connectivity index (χ0) is 22.1. The van der Waals surface area contributed by atoms with Crippen LogP contribution in [-0.4, -0.2) is 27.5 Å². The van der Waals surface area contributed by atoms with Gasteiger partial charge in [0.05, 0.1) is 12.2 Å². The summed E-state index contributed by atoms with van der Waals surface area (Å²) in [5.74, 6) is 2.53. The van der Waals surface area contributed by atoms with Crippen molar-refractivity contribution in [2.45, 2.75) is 98.2 Å². The van der Waals surface area contributed by atoms with Crippen molar-refractivity contribution in [1.29, 1.82) is 0 Å². The fraction of sp³-hybridized carbons (Fsp3) is 0.778. The topological polar surface area (TPSA) is 60.7 Å². The SMILES string of the molecule is Cc1ccc(O)cc1CC[C@@H]1[C@H](O)CC[C@]2(C)[C@@H]([C@@H](C)CCCC(C)C)[C@@H](O)C[C@@H]12. The van der Waals surface area contributed by atoms with Crippen LogP contribution in [0.25, 0.3) is 0 Å². The second kappa shape index (κ2) is 9.61. The number of rotatable bonds is 8. The number of hydrogen-bond acceptors (Lipinski definition) is 3. The average molecular weight is 417 g/mol. The molecule has 0 unspecified atom stereocenters. The van der Waals surface area contributed by atoms with E-state index < -0.39 is 0 Å². The van der Waals surface area contributed by atoms with E-state index >= 15 is 0 Å². The quantitative estimate of drug-likeness (QED) is 0.497. The molecule has 0 spiro atoms. The zero-order valence-electron chi connectivity index (χ0n) is 19.8. The molecule has 30 heavy (non-hydrogen) atoms. The summed E-state index contributed by atoms with van der Waals surface area (Å²) < 4.78 is 0. The van der Waals surface area contributed by atoms with Crippen LogP contribution in [-0.2, 0) is 6.42 Å². The highest BCUT2D eigenvalue weighted by atomic mass is 16.3. The molecule has 0 aliphatic heterocycles. The molecule has 1 aromatic carbocycles. The van der Waals surface area contributed by atoms with E-state index in [2.05, 4.69) is 34.6 Å². The number of aryl methyl sites for hydroxylation is 2. The summed E-state index contributed by atoms with van der Waals surface area (Å²) >= 11 is 0. The molecular weight excluding hydrogens is 372 g/mol. The molecule has 1 aromatic rings. The number of benzene rings is 1. The molecule has 3 rings (SSSR count).